The lowest BCUT2D eigenvalue weighted by Crippen LogP contribution is -2.49. The van der Waals surface area contributed by atoms with Crippen molar-refractivity contribution >= 4 is 34.9 Å². The third-order valence-corrected chi connectivity index (χ3v) is 7.53. The number of amidine groups is 1. The number of likely N-dealkylation sites (tertiary alicyclic amines) is 1. The molecule has 0 radical (unpaired) electrons. The number of hydrogen-bond acceptors (Lipinski definition) is 6. The first-order valence-electron chi connectivity index (χ1n) is 12.4. The molecule has 3 amide bonds. The molecule has 0 unspecified atom stereocenters. The van der Waals surface area contributed by atoms with E-state index in [-0.39, 0.29) is 42.0 Å². The smallest absolute Gasteiger partial charge is 0.251 e. The lowest BCUT2D eigenvalue weighted by Gasteiger charge is -2.25. The first kappa shape index (κ1) is 27.8. The lowest BCUT2D eigenvalue weighted by molar-refractivity contribution is -0.138. The quantitative estimate of drug-likeness (QED) is 0.237. The van der Waals surface area contributed by atoms with Gasteiger partial charge in [0.1, 0.15) is 29.2 Å². The number of nitrogens with one attached hydrogen (secondary N) is 3. The van der Waals surface area contributed by atoms with E-state index < -0.39 is 11.9 Å². The number of thiophene rings is 1. The minimum atomic E-state index is -0.637. The fraction of sp³-hybridized carbons (Fsp3) is 0.286. The summed E-state index contributed by atoms with van der Waals surface area (Å²) in [5.74, 6) is -0.363. The number of halogens is 1. The fourth-order valence-corrected chi connectivity index (χ4v) is 5.26. The molecule has 0 bridgehead atoms. The van der Waals surface area contributed by atoms with E-state index in [0.717, 1.165) is 4.88 Å². The van der Waals surface area contributed by atoms with Crippen molar-refractivity contribution in [3.05, 3.63) is 81.8 Å². The second kappa shape index (κ2) is 12.1. The molecule has 1 aliphatic heterocycles. The Morgan fingerprint density at radius 1 is 1.13 bits per heavy atom. The van der Waals surface area contributed by atoms with Crippen LogP contribution in [0.25, 0.3) is 0 Å². The fourth-order valence-electron chi connectivity index (χ4n) is 4.34. The van der Waals surface area contributed by atoms with Crippen LogP contribution in [-0.4, -0.2) is 47.6 Å². The molecule has 9 nitrogen and oxygen atoms in total. The molecule has 3 atom stereocenters. The van der Waals surface area contributed by atoms with Crippen LogP contribution in [0.2, 0.25) is 0 Å². The summed E-state index contributed by atoms with van der Waals surface area (Å²) in [7, 11) is 0. The Kier molecular flexibility index (Phi) is 8.60. The maximum absolute atomic E-state index is 13.1. The maximum Gasteiger partial charge on any atom is 0.251 e. The van der Waals surface area contributed by atoms with Crippen LogP contribution in [0.1, 0.15) is 47.1 Å². The average molecular weight is 552 g/mol. The van der Waals surface area contributed by atoms with E-state index in [1.54, 1.807) is 35.7 Å². The van der Waals surface area contributed by atoms with Crippen LogP contribution in [0.3, 0.4) is 0 Å². The molecule has 1 fully saturated rings. The minimum Gasteiger partial charge on any atom is -0.457 e. The van der Waals surface area contributed by atoms with Crippen molar-refractivity contribution in [1.29, 1.82) is 5.41 Å². The molecule has 2 heterocycles. The summed E-state index contributed by atoms with van der Waals surface area (Å²) in [6.45, 7) is 3.99. The molecule has 1 aliphatic rings. The Hall–Kier alpha value is -4.25. The van der Waals surface area contributed by atoms with Gasteiger partial charge in [-0.3, -0.25) is 19.8 Å². The number of carbonyl (C=O) groups is 3. The summed E-state index contributed by atoms with van der Waals surface area (Å²) in [4.78, 5) is 41.1. The van der Waals surface area contributed by atoms with Crippen molar-refractivity contribution < 1.29 is 23.5 Å². The second-order valence-electron chi connectivity index (χ2n) is 9.55. The third kappa shape index (κ3) is 6.99. The topological polar surface area (TPSA) is 138 Å². The van der Waals surface area contributed by atoms with Crippen LogP contribution in [0.4, 0.5) is 4.39 Å². The van der Waals surface area contributed by atoms with Crippen LogP contribution in [0.15, 0.2) is 60.0 Å². The van der Waals surface area contributed by atoms with Crippen LogP contribution in [-0.2, 0) is 9.59 Å². The highest BCUT2D eigenvalue weighted by Crippen LogP contribution is 2.26. The van der Waals surface area contributed by atoms with Gasteiger partial charge < -0.3 is 26.0 Å². The Labute approximate surface area is 229 Å². The summed E-state index contributed by atoms with van der Waals surface area (Å²) in [6.07, 6.45) is 0.525. The van der Waals surface area contributed by atoms with Gasteiger partial charge in [0.05, 0.1) is 12.6 Å². The SMILES string of the molecule is C[C@@H]1C[C@@H](C(=O)N[C@H](C)c2cc(C(=N)N)cs2)N(C(=O)CNC(=O)c2ccc(Oc3ccc(F)cc3)cc2)C1. The van der Waals surface area contributed by atoms with E-state index in [0.29, 0.717) is 35.6 Å². The van der Waals surface area contributed by atoms with E-state index in [1.165, 1.54) is 40.5 Å². The molecular weight excluding hydrogens is 521 g/mol. The molecule has 11 heteroatoms. The van der Waals surface area contributed by atoms with Gasteiger partial charge in [-0.2, -0.15) is 0 Å². The molecule has 0 spiro atoms. The van der Waals surface area contributed by atoms with Crippen LogP contribution < -0.4 is 21.1 Å². The zero-order valence-corrected chi connectivity index (χ0v) is 22.4. The van der Waals surface area contributed by atoms with E-state index >= 15 is 0 Å². The number of rotatable bonds is 9. The van der Waals surface area contributed by atoms with Gasteiger partial charge >= 0.3 is 0 Å². The Balaban J connectivity index is 1.31. The number of hydrogen-bond donors (Lipinski definition) is 4. The molecule has 204 valence electrons. The second-order valence-corrected chi connectivity index (χ2v) is 10.5. The number of ether oxygens (including phenoxy) is 1. The van der Waals surface area contributed by atoms with Crippen molar-refractivity contribution in [3.63, 3.8) is 0 Å². The van der Waals surface area contributed by atoms with E-state index in [2.05, 4.69) is 10.6 Å². The number of nitrogen functional groups attached to an aromatic ring is 1. The summed E-state index contributed by atoms with van der Waals surface area (Å²) in [5, 5.41) is 14.9. The highest BCUT2D eigenvalue weighted by Gasteiger charge is 2.38. The van der Waals surface area contributed by atoms with Crippen molar-refractivity contribution in [3.8, 4) is 11.5 Å². The van der Waals surface area contributed by atoms with Crippen molar-refractivity contribution in [1.82, 2.24) is 15.5 Å². The van der Waals surface area contributed by atoms with Gasteiger partial charge in [-0.05, 0) is 73.9 Å². The zero-order chi connectivity index (χ0) is 28.1. The Bertz CT molecular complexity index is 1360. The van der Waals surface area contributed by atoms with Gasteiger partial charge in [0.15, 0.2) is 0 Å². The molecule has 0 aliphatic carbocycles. The molecule has 2 aromatic carbocycles. The zero-order valence-electron chi connectivity index (χ0n) is 21.6. The maximum atomic E-state index is 13.1. The molecule has 3 aromatic rings. The lowest BCUT2D eigenvalue weighted by atomic mass is 10.1. The number of nitrogens with zero attached hydrogens (tertiary/aromatic N) is 1. The highest BCUT2D eigenvalue weighted by atomic mass is 32.1. The molecular formula is C28H30FN5O4S. The monoisotopic (exact) mass is 551 g/mol. The molecule has 39 heavy (non-hydrogen) atoms. The molecule has 5 N–H and O–H groups in total. The predicted octanol–water partition coefficient (Wildman–Crippen LogP) is 3.81. The largest absolute Gasteiger partial charge is 0.457 e. The predicted molar refractivity (Wildman–Crippen MR) is 146 cm³/mol. The Morgan fingerprint density at radius 3 is 2.38 bits per heavy atom. The van der Waals surface area contributed by atoms with Crippen LogP contribution in [0, 0.1) is 17.1 Å². The van der Waals surface area contributed by atoms with Crippen LogP contribution in [0.5, 0.6) is 11.5 Å². The molecule has 4 rings (SSSR count). The van der Waals surface area contributed by atoms with Crippen molar-refractivity contribution in [2.75, 3.05) is 13.1 Å². The normalized spacial score (nSPS) is 17.4. The third-order valence-electron chi connectivity index (χ3n) is 6.42. The van der Waals surface area contributed by atoms with Crippen molar-refractivity contribution in [2.24, 2.45) is 11.7 Å². The first-order valence-corrected chi connectivity index (χ1v) is 13.3. The average Bonchev–Trinajstić information content (AvgIpc) is 3.56. The highest BCUT2D eigenvalue weighted by molar-refractivity contribution is 7.10. The van der Waals surface area contributed by atoms with Gasteiger partial charge in [-0.15, -0.1) is 11.3 Å². The van der Waals surface area contributed by atoms with Gasteiger partial charge in [0.2, 0.25) is 11.8 Å². The van der Waals surface area contributed by atoms with Crippen molar-refractivity contribution in [2.45, 2.75) is 32.4 Å². The molecule has 1 saturated heterocycles. The summed E-state index contributed by atoms with van der Waals surface area (Å²) >= 11 is 1.40. The van der Waals surface area contributed by atoms with Gasteiger partial charge in [-0.1, -0.05) is 6.92 Å². The first-order chi connectivity index (χ1) is 18.6. The number of benzene rings is 2. The number of amides is 3. The van der Waals surface area contributed by atoms with E-state index in [1.807, 2.05) is 13.8 Å². The van der Waals surface area contributed by atoms with Crippen LogP contribution >= 0.6 is 11.3 Å². The standard InChI is InChI=1S/C28H30FN5O4S/c1-16-11-23(28(37)33-17(2)24-12-19(15-39-24)26(30)31)34(14-16)25(35)13-32-27(36)18-3-7-21(8-4-18)38-22-9-5-20(29)6-10-22/h3-10,12,15-17,23H,11,13-14H2,1-2H3,(H3,30,31)(H,32,36)(H,33,37)/t16-,17-,23+/m1/s1. The number of nitrogens with two attached hydrogens (primary N) is 1. The van der Waals surface area contributed by atoms with E-state index in [4.69, 9.17) is 15.9 Å². The minimum absolute atomic E-state index is 0.0336. The molecule has 0 saturated carbocycles. The van der Waals surface area contributed by atoms with E-state index in [9.17, 15) is 18.8 Å². The summed E-state index contributed by atoms with van der Waals surface area (Å²) < 4.78 is 18.7. The Morgan fingerprint density at radius 2 is 1.77 bits per heavy atom. The van der Waals surface area contributed by atoms with Gasteiger partial charge in [-0.25, -0.2) is 4.39 Å². The van der Waals surface area contributed by atoms with Gasteiger partial charge in [0.25, 0.3) is 5.91 Å². The summed E-state index contributed by atoms with van der Waals surface area (Å²) in [6, 6.07) is 12.8. The summed E-state index contributed by atoms with van der Waals surface area (Å²) in [5.41, 5.74) is 6.48. The molecule has 1 aromatic heterocycles. The number of carbonyl (C=O) groups excluding carboxylic acids is 3. The van der Waals surface area contributed by atoms with Gasteiger partial charge in [0, 0.05) is 27.9 Å².